The number of carbonyl (C=O) groups is 2. The Labute approximate surface area is 115 Å². The largest absolute Gasteiger partial charge is 0.465 e. The van der Waals surface area contributed by atoms with Gasteiger partial charge in [0, 0.05) is 0 Å². The maximum Gasteiger partial charge on any atom is 0.337 e. The Hall–Kier alpha value is -2.20. The van der Waals surface area contributed by atoms with Gasteiger partial charge in [0.15, 0.2) is 5.78 Å². The minimum atomic E-state index is -0.370. The summed E-state index contributed by atoms with van der Waals surface area (Å²) in [6.07, 6.45) is 3.25. The molecule has 0 amide bonds. The van der Waals surface area contributed by atoms with Crippen LogP contribution in [0.4, 0.5) is 0 Å². The molecule has 0 radical (unpaired) electrons. The minimum Gasteiger partial charge on any atom is -0.465 e. The summed E-state index contributed by atoms with van der Waals surface area (Å²) >= 11 is 1.41. The fourth-order valence-electron chi connectivity index (χ4n) is 1.52. The highest BCUT2D eigenvalue weighted by molar-refractivity contribution is 7.12. The standard InChI is InChI=1S/C15H12O3S/c1-18-15(17)12-7-4-11(5-8-12)6-9-13(16)14-3-2-10-19-14/h2-10H,1H3/b9-6+. The van der Waals surface area contributed by atoms with Crippen LogP contribution in [-0.4, -0.2) is 18.9 Å². The fraction of sp³-hybridized carbons (Fsp3) is 0.0667. The summed E-state index contributed by atoms with van der Waals surface area (Å²) in [6, 6.07) is 10.5. The van der Waals surface area contributed by atoms with E-state index in [-0.39, 0.29) is 11.8 Å². The predicted octanol–water partition coefficient (Wildman–Crippen LogP) is 3.43. The van der Waals surface area contributed by atoms with Crippen molar-refractivity contribution in [2.24, 2.45) is 0 Å². The van der Waals surface area contributed by atoms with Crippen LogP contribution in [0.5, 0.6) is 0 Å². The quantitative estimate of drug-likeness (QED) is 0.486. The lowest BCUT2D eigenvalue weighted by atomic mass is 10.1. The second-order valence-electron chi connectivity index (χ2n) is 3.79. The predicted molar refractivity (Wildman–Crippen MR) is 75.5 cm³/mol. The van der Waals surface area contributed by atoms with Crippen LogP contribution in [0.1, 0.15) is 25.6 Å². The number of ketones is 1. The first-order valence-electron chi connectivity index (χ1n) is 5.65. The third-order valence-corrected chi connectivity index (χ3v) is 3.41. The Kier molecular flexibility index (Phi) is 4.26. The second kappa shape index (κ2) is 6.11. The molecule has 96 valence electrons. The summed E-state index contributed by atoms with van der Waals surface area (Å²) in [5, 5.41) is 1.87. The van der Waals surface area contributed by atoms with Crippen LogP contribution < -0.4 is 0 Å². The molecule has 0 N–H and O–H groups in total. The Bertz CT molecular complexity index is 595. The number of carbonyl (C=O) groups excluding carboxylic acids is 2. The number of ether oxygens (including phenoxy) is 1. The molecule has 0 aliphatic rings. The summed E-state index contributed by atoms with van der Waals surface area (Å²) in [5.41, 5.74) is 1.35. The molecule has 19 heavy (non-hydrogen) atoms. The molecule has 0 aliphatic heterocycles. The van der Waals surface area contributed by atoms with Gasteiger partial charge in [-0.25, -0.2) is 4.79 Å². The molecular formula is C15H12O3S. The Morgan fingerprint density at radius 2 is 1.89 bits per heavy atom. The van der Waals surface area contributed by atoms with Crippen LogP contribution in [-0.2, 0) is 4.74 Å². The highest BCUT2D eigenvalue weighted by Gasteiger charge is 2.04. The van der Waals surface area contributed by atoms with E-state index in [0.717, 1.165) is 5.56 Å². The number of thiophene rings is 1. The highest BCUT2D eigenvalue weighted by Crippen LogP contribution is 2.12. The number of allylic oxidation sites excluding steroid dienone is 1. The van der Waals surface area contributed by atoms with Crippen LogP contribution in [0.25, 0.3) is 6.08 Å². The lowest BCUT2D eigenvalue weighted by Gasteiger charge is -1.99. The van der Waals surface area contributed by atoms with Crippen LogP contribution in [0, 0.1) is 0 Å². The van der Waals surface area contributed by atoms with Crippen molar-refractivity contribution in [2.75, 3.05) is 7.11 Å². The van der Waals surface area contributed by atoms with E-state index >= 15 is 0 Å². The van der Waals surface area contributed by atoms with Gasteiger partial charge in [-0.15, -0.1) is 11.3 Å². The molecule has 2 rings (SSSR count). The van der Waals surface area contributed by atoms with Gasteiger partial charge in [0.05, 0.1) is 17.6 Å². The molecule has 0 spiro atoms. The van der Waals surface area contributed by atoms with Crippen LogP contribution in [0.3, 0.4) is 0 Å². The Morgan fingerprint density at radius 1 is 1.16 bits per heavy atom. The first-order chi connectivity index (χ1) is 9.20. The first kappa shape index (κ1) is 13.2. The van der Waals surface area contributed by atoms with Crippen LogP contribution in [0.2, 0.25) is 0 Å². The van der Waals surface area contributed by atoms with Crippen LogP contribution in [0.15, 0.2) is 47.9 Å². The lowest BCUT2D eigenvalue weighted by molar-refractivity contribution is 0.0600. The van der Waals surface area contributed by atoms with Crippen molar-refractivity contribution in [3.8, 4) is 0 Å². The van der Waals surface area contributed by atoms with Crippen molar-refractivity contribution in [1.29, 1.82) is 0 Å². The Balaban J connectivity index is 2.07. The summed E-state index contributed by atoms with van der Waals surface area (Å²) in [6.45, 7) is 0. The van der Waals surface area contributed by atoms with E-state index in [4.69, 9.17) is 0 Å². The summed E-state index contributed by atoms with van der Waals surface area (Å²) in [4.78, 5) is 23.7. The van der Waals surface area contributed by atoms with Crippen molar-refractivity contribution >= 4 is 29.2 Å². The van der Waals surface area contributed by atoms with Gasteiger partial charge in [-0.2, -0.15) is 0 Å². The van der Waals surface area contributed by atoms with E-state index in [1.54, 1.807) is 36.4 Å². The zero-order valence-electron chi connectivity index (χ0n) is 10.3. The minimum absolute atomic E-state index is 0.0213. The zero-order chi connectivity index (χ0) is 13.7. The number of esters is 1. The number of benzene rings is 1. The van der Waals surface area contributed by atoms with Gasteiger partial charge in [-0.1, -0.05) is 24.3 Å². The molecule has 0 saturated heterocycles. The third kappa shape index (κ3) is 3.39. The molecule has 4 heteroatoms. The van der Waals surface area contributed by atoms with Crippen molar-refractivity contribution in [1.82, 2.24) is 0 Å². The maximum absolute atomic E-state index is 11.8. The van der Waals surface area contributed by atoms with Gasteiger partial charge in [-0.3, -0.25) is 4.79 Å². The molecule has 1 aromatic heterocycles. The maximum atomic E-state index is 11.8. The van der Waals surface area contributed by atoms with E-state index in [1.807, 2.05) is 11.4 Å². The van der Waals surface area contributed by atoms with Gasteiger partial charge in [0.25, 0.3) is 0 Å². The van der Waals surface area contributed by atoms with Crippen molar-refractivity contribution in [3.05, 3.63) is 63.9 Å². The monoisotopic (exact) mass is 272 g/mol. The molecule has 1 heterocycles. The number of rotatable bonds is 4. The Morgan fingerprint density at radius 3 is 2.47 bits per heavy atom. The fourth-order valence-corrected chi connectivity index (χ4v) is 2.17. The van der Waals surface area contributed by atoms with E-state index in [2.05, 4.69) is 4.74 Å². The summed E-state index contributed by atoms with van der Waals surface area (Å²) < 4.78 is 4.61. The lowest BCUT2D eigenvalue weighted by Crippen LogP contribution is -2.00. The van der Waals surface area contributed by atoms with Gasteiger partial charge in [0.2, 0.25) is 0 Å². The van der Waals surface area contributed by atoms with Crippen molar-refractivity contribution in [2.45, 2.75) is 0 Å². The van der Waals surface area contributed by atoms with E-state index in [1.165, 1.54) is 24.5 Å². The molecule has 0 bridgehead atoms. The van der Waals surface area contributed by atoms with Crippen molar-refractivity contribution in [3.63, 3.8) is 0 Å². The topological polar surface area (TPSA) is 43.4 Å². The van der Waals surface area contributed by atoms with E-state index in [0.29, 0.717) is 10.4 Å². The molecule has 0 saturated carbocycles. The number of methoxy groups -OCH3 is 1. The average Bonchev–Trinajstić information content (AvgIpc) is 2.98. The summed E-state index contributed by atoms with van der Waals surface area (Å²) in [7, 11) is 1.34. The molecule has 3 nitrogen and oxygen atoms in total. The van der Waals surface area contributed by atoms with Gasteiger partial charge >= 0.3 is 5.97 Å². The molecule has 0 atom stereocenters. The van der Waals surface area contributed by atoms with Crippen molar-refractivity contribution < 1.29 is 14.3 Å². The van der Waals surface area contributed by atoms with E-state index < -0.39 is 0 Å². The molecular weight excluding hydrogens is 260 g/mol. The van der Waals surface area contributed by atoms with E-state index in [9.17, 15) is 9.59 Å². The van der Waals surface area contributed by atoms with Gasteiger partial charge < -0.3 is 4.74 Å². The molecule has 0 unspecified atom stereocenters. The summed E-state index contributed by atoms with van der Waals surface area (Å²) in [5.74, 6) is -0.391. The van der Waals surface area contributed by atoms with Gasteiger partial charge in [0.1, 0.15) is 0 Å². The second-order valence-corrected chi connectivity index (χ2v) is 4.74. The molecule has 0 fully saturated rings. The molecule has 2 aromatic rings. The highest BCUT2D eigenvalue weighted by atomic mass is 32.1. The molecule has 0 aliphatic carbocycles. The number of hydrogen-bond donors (Lipinski definition) is 0. The zero-order valence-corrected chi connectivity index (χ0v) is 11.1. The smallest absolute Gasteiger partial charge is 0.337 e. The van der Waals surface area contributed by atoms with Gasteiger partial charge in [-0.05, 0) is 35.2 Å². The normalized spacial score (nSPS) is 10.6. The first-order valence-corrected chi connectivity index (χ1v) is 6.53. The van der Waals surface area contributed by atoms with Crippen LogP contribution >= 0.6 is 11.3 Å². The average molecular weight is 272 g/mol. The molecule has 1 aromatic carbocycles. The SMILES string of the molecule is COC(=O)c1ccc(/C=C/C(=O)c2cccs2)cc1. The number of hydrogen-bond acceptors (Lipinski definition) is 4. The third-order valence-electron chi connectivity index (χ3n) is 2.52.